The predicted molar refractivity (Wildman–Crippen MR) is 78.7 cm³/mol. The highest BCUT2D eigenvalue weighted by Crippen LogP contribution is 2.15. The summed E-state index contributed by atoms with van der Waals surface area (Å²) in [7, 11) is 1.80. The molecule has 3 aromatic heterocycles. The molecule has 0 N–H and O–H groups in total. The van der Waals surface area contributed by atoms with Gasteiger partial charge < -0.3 is 4.57 Å². The molecule has 0 bridgehead atoms. The lowest BCUT2D eigenvalue weighted by molar-refractivity contribution is 0.0979. The Hall–Kier alpha value is -2.82. The maximum atomic E-state index is 12.1. The van der Waals surface area contributed by atoms with Crippen LogP contribution in [0.2, 0.25) is 0 Å². The van der Waals surface area contributed by atoms with Crippen LogP contribution in [-0.4, -0.2) is 25.3 Å². The van der Waals surface area contributed by atoms with Crippen LogP contribution in [-0.2, 0) is 13.5 Å². The van der Waals surface area contributed by atoms with Crippen LogP contribution in [0.5, 0.6) is 0 Å². The third kappa shape index (κ3) is 2.86. The number of hydrogen-bond acceptors (Lipinski definition) is 4. The molecule has 0 spiro atoms. The van der Waals surface area contributed by atoms with Gasteiger partial charge in [0.05, 0.1) is 12.1 Å². The number of imidazole rings is 1. The molecule has 0 amide bonds. The van der Waals surface area contributed by atoms with Crippen molar-refractivity contribution in [3.05, 3.63) is 66.6 Å². The molecular formula is C16H14N4O. The van der Waals surface area contributed by atoms with E-state index in [1.54, 1.807) is 36.4 Å². The van der Waals surface area contributed by atoms with Gasteiger partial charge in [-0.25, -0.2) is 4.98 Å². The van der Waals surface area contributed by atoms with Gasteiger partial charge in [-0.05, 0) is 24.3 Å². The van der Waals surface area contributed by atoms with Crippen molar-refractivity contribution in [1.82, 2.24) is 19.5 Å². The summed E-state index contributed by atoms with van der Waals surface area (Å²) in [5.41, 5.74) is 2.53. The van der Waals surface area contributed by atoms with Crippen LogP contribution in [0.3, 0.4) is 0 Å². The molecule has 0 fully saturated rings. The first-order valence-electron chi connectivity index (χ1n) is 6.61. The van der Waals surface area contributed by atoms with Crippen molar-refractivity contribution in [2.24, 2.45) is 7.05 Å². The number of pyridine rings is 2. The van der Waals surface area contributed by atoms with Crippen LogP contribution in [0.1, 0.15) is 16.3 Å². The number of aromatic nitrogens is 4. The fourth-order valence-corrected chi connectivity index (χ4v) is 2.09. The Labute approximate surface area is 122 Å². The molecule has 0 saturated carbocycles. The average molecular weight is 278 g/mol. The highest BCUT2D eigenvalue weighted by atomic mass is 16.1. The zero-order valence-corrected chi connectivity index (χ0v) is 11.6. The third-order valence-corrected chi connectivity index (χ3v) is 3.20. The topological polar surface area (TPSA) is 60.7 Å². The van der Waals surface area contributed by atoms with E-state index in [4.69, 9.17) is 0 Å². The highest BCUT2D eigenvalue weighted by molar-refractivity contribution is 5.94. The van der Waals surface area contributed by atoms with Crippen LogP contribution in [0, 0.1) is 0 Å². The Morgan fingerprint density at radius 1 is 1.10 bits per heavy atom. The first kappa shape index (κ1) is 13.2. The molecule has 3 rings (SSSR count). The molecule has 3 aromatic rings. The Morgan fingerprint density at radius 3 is 2.62 bits per heavy atom. The van der Waals surface area contributed by atoms with Gasteiger partial charge in [0.25, 0.3) is 0 Å². The molecule has 21 heavy (non-hydrogen) atoms. The second-order valence-electron chi connectivity index (χ2n) is 4.71. The van der Waals surface area contributed by atoms with E-state index in [2.05, 4.69) is 15.0 Å². The van der Waals surface area contributed by atoms with Crippen LogP contribution in [0.4, 0.5) is 0 Å². The van der Waals surface area contributed by atoms with E-state index in [0.29, 0.717) is 5.82 Å². The smallest absolute Gasteiger partial charge is 0.204 e. The molecule has 0 unspecified atom stereocenters. The first-order valence-corrected chi connectivity index (χ1v) is 6.61. The lowest BCUT2D eigenvalue weighted by Gasteiger charge is -2.03. The second-order valence-corrected chi connectivity index (χ2v) is 4.71. The Morgan fingerprint density at radius 2 is 2.00 bits per heavy atom. The average Bonchev–Trinajstić information content (AvgIpc) is 2.95. The van der Waals surface area contributed by atoms with Gasteiger partial charge in [0.2, 0.25) is 5.78 Å². The van der Waals surface area contributed by atoms with Crippen LogP contribution in [0.25, 0.3) is 11.3 Å². The summed E-state index contributed by atoms with van der Waals surface area (Å²) in [5, 5.41) is 0. The minimum absolute atomic E-state index is 0.0411. The van der Waals surface area contributed by atoms with Crippen LogP contribution < -0.4 is 0 Å². The number of nitrogens with zero attached hydrogens (tertiary/aromatic N) is 4. The normalized spacial score (nSPS) is 10.5. The summed E-state index contributed by atoms with van der Waals surface area (Å²) in [6.45, 7) is 0. The minimum Gasteiger partial charge on any atom is -0.332 e. The molecule has 5 nitrogen and oxygen atoms in total. The van der Waals surface area contributed by atoms with Gasteiger partial charge in [-0.3, -0.25) is 14.8 Å². The van der Waals surface area contributed by atoms with Crippen LogP contribution in [0.15, 0.2) is 55.1 Å². The van der Waals surface area contributed by atoms with Gasteiger partial charge in [-0.15, -0.1) is 0 Å². The lowest BCUT2D eigenvalue weighted by Crippen LogP contribution is -2.11. The van der Waals surface area contributed by atoms with Crippen molar-refractivity contribution < 1.29 is 4.79 Å². The van der Waals surface area contributed by atoms with Crippen LogP contribution >= 0.6 is 0 Å². The number of ketones is 1. The molecule has 0 aliphatic rings. The Bertz CT molecular complexity index is 747. The zero-order valence-electron chi connectivity index (χ0n) is 11.6. The number of aryl methyl sites for hydroxylation is 1. The van der Waals surface area contributed by atoms with E-state index in [0.717, 1.165) is 17.0 Å². The second kappa shape index (κ2) is 5.66. The van der Waals surface area contributed by atoms with Crippen molar-refractivity contribution in [2.75, 3.05) is 0 Å². The summed E-state index contributed by atoms with van der Waals surface area (Å²) >= 11 is 0. The van der Waals surface area contributed by atoms with Gasteiger partial charge in [0, 0.05) is 43.1 Å². The van der Waals surface area contributed by atoms with E-state index in [-0.39, 0.29) is 12.2 Å². The Balaban J connectivity index is 1.76. The molecule has 3 heterocycles. The van der Waals surface area contributed by atoms with E-state index in [1.807, 2.05) is 30.3 Å². The molecule has 5 heteroatoms. The largest absolute Gasteiger partial charge is 0.332 e. The lowest BCUT2D eigenvalue weighted by atomic mass is 10.1. The molecule has 0 aliphatic heterocycles. The summed E-state index contributed by atoms with van der Waals surface area (Å²) in [5.74, 6) is 0.409. The summed E-state index contributed by atoms with van der Waals surface area (Å²) in [6, 6.07) is 9.51. The highest BCUT2D eigenvalue weighted by Gasteiger charge is 2.12. The van der Waals surface area contributed by atoms with Gasteiger partial charge >= 0.3 is 0 Å². The standard InChI is InChI=1S/C16H14N4O/c1-20-9-8-18-16(20)15(21)10-13-6-5-12(11-19-13)14-4-2-3-7-17-14/h2-9,11H,10H2,1H3. The van der Waals surface area contributed by atoms with E-state index >= 15 is 0 Å². The quantitative estimate of drug-likeness (QED) is 0.687. The van der Waals surface area contributed by atoms with E-state index in [9.17, 15) is 4.79 Å². The number of hydrogen-bond donors (Lipinski definition) is 0. The number of rotatable bonds is 4. The maximum absolute atomic E-state index is 12.1. The van der Waals surface area contributed by atoms with E-state index in [1.165, 1.54) is 0 Å². The summed E-state index contributed by atoms with van der Waals surface area (Å²) in [6.07, 6.45) is 7.10. The molecule has 0 saturated heterocycles. The monoisotopic (exact) mass is 278 g/mol. The number of carbonyl (C=O) groups excluding carboxylic acids is 1. The zero-order chi connectivity index (χ0) is 14.7. The SMILES string of the molecule is Cn1ccnc1C(=O)Cc1ccc(-c2ccccn2)cn1. The number of carbonyl (C=O) groups is 1. The molecule has 0 atom stereocenters. The van der Waals surface area contributed by atoms with Gasteiger partial charge in [0.15, 0.2) is 5.82 Å². The van der Waals surface area contributed by atoms with Crippen molar-refractivity contribution in [1.29, 1.82) is 0 Å². The van der Waals surface area contributed by atoms with Gasteiger partial charge in [0.1, 0.15) is 0 Å². The van der Waals surface area contributed by atoms with Crippen molar-refractivity contribution >= 4 is 5.78 Å². The van der Waals surface area contributed by atoms with Gasteiger partial charge in [-0.2, -0.15) is 0 Å². The van der Waals surface area contributed by atoms with Crippen molar-refractivity contribution in [3.63, 3.8) is 0 Å². The van der Waals surface area contributed by atoms with Gasteiger partial charge in [-0.1, -0.05) is 6.07 Å². The number of Topliss-reactive ketones (excluding diaryl/α,β-unsaturated/α-hetero) is 1. The molecule has 0 aliphatic carbocycles. The predicted octanol–water partition coefficient (Wildman–Crippen LogP) is 2.30. The fraction of sp³-hybridized carbons (Fsp3) is 0.125. The maximum Gasteiger partial charge on any atom is 0.204 e. The first-order chi connectivity index (χ1) is 10.2. The minimum atomic E-state index is -0.0411. The third-order valence-electron chi connectivity index (χ3n) is 3.20. The van der Waals surface area contributed by atoms with E-state index < -0.39 is 0 Å². The molecule has 0 aromatic carbocycles. The fourth-order valence-electron chi connectivity index (χ4n) is 2.09. The Kier molecular flexibility index (Phi) is 3.55. The van der Waals surface area contributed by atoms with Crippen molar-refractivity contribution in [3.8, 4) is 11.3 Å². The molecular weight excluding hydrogens is 264 g/mol. The molecule has 104 valence electrons. The summed E-state index contributed by atoms with van der Waals surface area (Å²) < 4.78 is 1.71. The van der Waals surface area contributed by atoms with Crippen molar-refractivity contribution in [2.45, 2.75) is 6.42 Å². The summed E-state index contributed by atoms with van der Waals surface area (Å²) in [4.78, 5) is 24.8. The molecule has 0 radical (unpaired) electrons.